The first-order valence-electron chi connectivity index (χ1n) is 6.92. The van der Waals surface area contributed by atoms with Crippen LogP contribution in [0.4, 0.5) is 4.39 Å². The number of benzene rings is 1. The molecule has 0 radical (unpaired) electrons. The zero-order valence-electron chi connectivity index (χ0n) is 11.6. The number of aliphatic hydroxyl groups is 1. The molecule has 0 amide bonds. The maximum Gasteiger partial charge on any atom is 0.241 e. The molecule has 4 nitrogen and oxygen atoms in total. The average Bonchev–Trinajstić information content (AvgIpc) is 2.39. The molecule has 0 spiro atoms. The lowest BCUT2D eigenvalue weighted by atomic mass is 9.83. The summed E-state index contributed by atoms with van der Waals surface area (Å²) in [5, 5.41) is 8.69. The fourth-order valence-electron chi connectivity index (χ4n) is 2.23. The van der Waals surface area contributed by atoms with Crippen LogP contribution in [0.1, 0.15) is 31.2 Å². The largest absolute Gasteiger partial charge is 0.384 e. The van der Waals surface area contributed by atoms with Crippen molar-refractivity contribution in [1.29, 1.82) is 0 Å². The van der Waals surface area contributed by atoms with Crippen molar-refractivity contribution in [1.82, 2.24) is 4.72 Å². The Morgan fingerprint density at radius 2 is 2.14 bits per heavy atom. The van der Waals surface area contributed by atoms with Crippen molar-refractivity contribution in [2.45, 2.75) is 30.6 Å². The number of nitrogens with one attached hydrogen (secondary N) is 1. The molecule has 0 heterocycles. The van der Waals surface area contributed by atoms with Crippen LogP contribution >= 0.6 is 0 Å². The van der Waals surface area contributed by atoms with Gasteiger partial charge >= 0.3 is 0 Å². The monoisotopic (exact) mass is 311 g/mol. The van der Waals surface area contributed by atoms with Gasteiger partial charge in [0.25, 0.3) is 0 Å². The van der Waals surface area contributed by atoms with Gasteiger partial charge in [0, 0.05) is 12.1 Å². The average molecular weight is 311 g/mol. The van der Waals surface area contributed by atoms with Crippen molar-refractivity contribution in [2.24, 2.45) is 5.92 Å². The first kappa shape index (κ1) is 16.0. The van der Waals surface area contributed by atoms with Gasteiger partial charge in [-0.2, -0.15) is 0 Å². The highest BCUT2D eigenvalue weighted by Crippen LogP contribution is 2.29. The number of rotatable bonds is 5. The first-order chi connectivity index (χ1) is 10.0. The second kappa shape index (κ2) is 7.03. The molecule has 1 aromatic carbocycles. The fraction of sp³-hybridized carbons (Fsp3) is 0.467. The van der Waals surface area contributed by atoms with Crippen LogP contribution in [0.2, 0.25) is 0 Å². The number of hydrogen-bond donors (Lipinski definition) is 2. The maximum atomic E-state index is 13.2. The molecule has 2 N–H and O–H groups in total. The molecule has 6 heteroatoms. The molecule has 1 aliphatic carbocycles. The van der Waals surface area contributed by atoms with Crippen LogP contribution < -0.4 is 4.72 Å². The number of hydrogen-bond acceptors (Lipinski definition) is 3. The van der Waals surface area contributed by atoms with Crippen LogP contribution in [-0.4, -0.2) is 26.7 Å². The molecular formula is C15H18FNO3S. The van der Waals surface area contributed by atoms with E-state index in [0.29, 0.717) is 12.5 Å². The molecule has 1 fully saturated rings. The summed E-state index contributed by atoms with van der Waals surface area (Å²) in [5.41, 5.74) is 0.0557. The Hall–Kier alpha value is -1.42. The van der Waals surface area contributed by atoms with E-state index in [1.807, 2.05) is 0 Å². The molecule has 2 rings (SSSR count). The normalized spacial score (nSPS) is 15.1. The van der Waals surface area contributed by atoms with E-state index >= 15 is 0 Å². The highest BCUT2D eigenvalue weighted by molar-refractivity contribution is 7.89. The lowest BCUT2D eigenvalue weighted by molar-refractivity contribution is 0.297. The van der Waals surface area contributed by atoms with Crippen LogP contribution in [0.25, 0.3) is 0 Å². The maximum absolute atomic E-state index is 13.2. The van der Waals surface area contributed by atoms with Gasteiger partial charge in [-0.15, -0.1) is 0 Å². The molecule has 1 aliphatic rings. The third-order valence-electron chi connectivity index (χ3n) is 3.60. The van der Waals surface area contributed by atoms with Crippen LogP contribution in [0.3, 0.4) is 0 Å². The summed E-state index contributed by atoms with van der Waals surface area (Å²) in [7, 11) is -3.72. The molecule has 114 valence electrons. The van der Waals surface area contributed by atoms with Crippen LogP contribution in [-0.2, 0) is 10.0 Å². The van der Waals surface area contributed by atoms with E-state index in [9.17, 15) is 12.8 Å². The molecular weight excluding hydrogens is 293 g/mol. The molecule has 0 atom stereocenters. The third-order valence-corrected chi connectivity index (χ3v) is 5.12. The highest BCUT2D eigenvalue weighted by atomic mass is 32.2. The standard InChI is InChI=1S/C15H18FNO3S/c16-14-6-7-15(13(11-14)5-2-10-18)21(19,20)17-9-8-12-3-1-4-12/h6-7,11-12,17-18H,1,3-4,8-10H2. The lowest BCUT2D eigenvalue weighted by Gasteiger charge is -2.25. The summed E-state index contributed by atoms with van der Waals surface area (Å²) in [6.07, 6.45) is 4.35. The Morgan fingerprint density at radius 3 is 2.76 bits per heavy atom. The first-order valence-corrected chi connectivity index (χ1v) is 8.40. The van der Waals surface area contributed by atoms with Gasteiger partial charge < -0.3 is 5.11 Å². The van der Waals surface area contributed by atoms with Gasteiger partial charge in [0.1, 0.15) is 12.4 Å². The van der Waals surface area contributed by atoms with E-state index in [1.54, 1.807) is 0 Å². The summed E-state index contributed by atoms with van der Waals surface area (Å²) in [6, 6.07) is 3.34. The van der Waals surface area contributed by atoms with Crippen molar-refractivity contribution < 1.29 is 17.9 Å². The second-order valence-electron chi connectivity index (χ2n) is 5.08. The lowest BCUT2D eigenvalue weighted by Crippen LogP contribution is -2.28. The Kier molecular flexibility index (Phi) is 5.34. The molecule has 21 heavy (non-hydrogen) atoms. The predicted molar refractivity (Wildman–Crippen MR) is 77.5 cm³/mol. The SMILES string of the molecule is O=S(=O)(NCCC1CCC1)c1ccc(F)cc1C#CCO. The number of halogens is 1. The molecule has 0 aliphatic heterocycles. The minimum atomic E-state index is -3.72. The smallest absolute Gasteiger partial charge is 0.241 e. The number of sulfonamides is 1. The van der Waals surface area contributed by atoms with Gasteiger partial charge in [-0.05, 0) is 30.5 Å². The van der Waals surface area contributed by atoms with E-state index in [2.05, 4.69) is 16.6 Å². The topological polar surface area (TPSA) is 66.4 Å². The van der Waals surface area contributed by atoms with Crippen molar-refractivity contribution >= 4 is 10.0 Å². The van der Waals surface area contributed by atoms with Crippen LogP contribution in [0, 0.1) is 23.6 Å². The number of aliphatic hydroxyl groups excluding tert-OH is 1. The zero-order valence-corrected chi connectivity index (χ0v) is 12.4. The Labute approximate surface area is 124 Å². The second-order valence-corrected chi connectivity index (χ2v) is 6.82. The van der Waals surface area contributed by atoms with Gasteiger partial charge in [-0.25, -0.2) is 17.5 Å². The third kappa shape index (κ3) is 4.27. The van der Waals surface area contributed by atoms with Crippen molar-refractivity contribution in [3.05, 3.63) is 29.6 Å². The van der Waals surface area contributed by atoms with Gasteiger partial charge in [0.2, 0.25) is 10.0 Å². The van der Waals surface area contributed by atoms with E-state index < -0.39 is 22.4 Å². The van der Waals surface area contributed by atoms with Crippen LogP contribution in [0.5, 0.6) is 0 Å². The van der Waals surface area contributed by atoms with E-state index in [1.165, 1.54) is 12.5 Å². The molecule has 0 bridgehead atoms. The van der Waals surface area contributed by atoms with E-state index in [0.717, 1.165) is 31.4 Å². The molecule has 1 saturated carbocycles. The van der Waals surface area contributed by atoms with Crippen LogP contribution in [0.15, 0.2) is 23.1 Å². The minimum Gasteiger partial charge on any atom is -0.384 e. The quantitative estimate of drug-likeness (QED) is 0.812. The molecule has 0 aromatic heterocycles. The van der Waals surface area contributed by atoms with Crippen molar-refractivity contribution in [3.63, 3.8) is 0 Å². The van der Waals surface area contributed by atoms with Crippen molar-refractivity contribution in [3.8, 4) is 11.8 Å². The molecule has 0 saturated heterocycles. The summed E-state index contributed by atoms with van der Waals surface area (Å²) in [6.45, 7) is -0.0393. The van der Waals surface area contributed by atoms with Gasteiger partial charge in [0.15, 0.2) is 0 Å². The zero-order chi connectivity index (χ0) is 15.3. The summed E-state index contributed by atoms with van der Waals surface area (Å²) >= 11 is 0. The summed E-state index contributed by atoms with van der Waals surface area (Å²) in [4.78, 5) is -0.0570. The van der Waals surface area contributed by atoms with Gasteiger partial charge in [-0.1, -0.05) is 31.1 Å². The van der Waals surface area contributed by atoms with Gasteiger partial charge in [0.05, 0.1) is 4.90 Å². The molecule has 1 aromatic rings. The van der Waals surface area contributed by atoms with E-state index in [-0.39, 0.29) is 10.5 Å². The highest BCUT2D eigenvalue weighted by Gasteiger charge is 2.21. The molecule has 0 unspecified atom stereocenters. The summed E-state index contributed by atoms with van der Waals surface area (Å²) in [5.74, 6) is 4.86. The fourth-order valence-corrected chi connectivity index (χ4v) is 3.41. The van der Waals surface area contributed by atoms with Crippen molar-refractivity contribution in [2.75, 3.05) is 13.2 Å². The van der Waals surface area contributed by atoms with Gasteiger partial charge in [-0.3, -0.25) is 0 Å². The minimum absolute atomic E-state index is 0.0557. The Morgan fingerprint density at radius 1 is 1.38 bits per heavy atom. The summed E-state index contributed by atoms with van der Waals surface area (Å²) < 4.78 is 40.3. The Balaban J connectivity index is 2.13. The Bertz CT molecular complexity index is 657. The van der Waals surface area contributed by atoms with E-state index in [4.69, 9.17) is 5.11 Å². The predicted octanol–water partition coefficient (Wildman–Crippen LogP) is 1.64.